The average molecular weight is 214 g/mol. The Bertz CT molecular complexity index is 220. The molecule has 0 bridgehead atoms. The van der Waals surface area contributed by atoms with Crippen LogP contribution in [0.25, 0.3) is 0 Å². The molecule has 0 aromatic rings. The van der Waals surface area contributed by atoms with Crippen LogP contribution in [0.15, 0.2) is 0 Å². The quantitative estimate of drug-likeness (QED) is 0.661. The van der Waals surface area contributed by atoms with E-state index in [4.69, 9.17) is 17.0 Å². The van der Waals surface area contributed by atoms with Gasteiger partial charge in [-0.25, -0.2) is 0 Å². The molecule has 2 fully saturated rings. The summed E-state index contributed by atoms with van der Waals surface area (Å²) in [6.07, 6.45) is 3.13. The molecule has 0 spiro atoms. The molecule has 0 radical (unpaired) electrons. The maximum atomic E-state index is 5.66. The number of hydrogen-bond acceptors (Lipinski definition) is 2. The van der Waals surface area contributed by atoms with Crippen molar-refractivity contribution in [3.05, 3.63) is 0 Å². The van der Waals surface area contributed by atoms with Crippen LogP contribution in [0.4, 0.5) is 0 Å². The number of nitrogens with one attached hydrogen (secondary N) is 1. The molecule has 1 aliphatic carbocycles. The van der Waals surface area contributed by atoms with Gasteiger partial charge in [0.2, 0.25) is 0 Å². The van der Waals surface area contributed by atoms with Crippen LogP contribution in [0, 0.1) is 0 Å². The number of ether oxygens (including phenoxy) is 1. The summed E-state index contributed by atoms with van der Waals surface area (Å²) in [5.41, 5.74) is 0. The molecule has 0 aromatic carbocycles. The van der Waals surface area contributed by atoms with Crippen molar-refractivity contribution in [2.24, 2.45) is 0 Å². The predicted octanol–water partition coefficient (Wildman–Crippen LogP) is 1.13. The molecule has 2 aliphatic rings. The minimum absolute atomic E-state index is 0.290. The first-order valence-electron chi connectivity index (χ1n) is 5.36. The fourth-order valence-electron chi connectivity index (χ4n) is 1.84. The SMILES string of the molecule is C[C@H]1CN(C(=S)NC2CC2)C[C@H](C)O1. The number of morpholine rings is 1. The van der Waals surface area contributed by atoms with Gasteiger partial charge in [-0.1, -0.05) is 0 Å². The lowest BCUT2D eigenvalue weighted by Crippen LogP contribution is -2.51. The number of hydrogen-bond donors (Lipinski definition) is 1. The van der Waals surface area contributed by atoms with Gasteiger partial charge >= 0.3 is 0 Å². The largest absolute Gasteiger partial charge is 0.372 e. The molecule has 1 aliphatic heterocycles. The second-order valence-electron chi connectivity index (χ2n) is 4.39. The lowest BCUT2D eigenvalue weighted by atomic mass is 10.2. The Morgan fingerprint density at radius 1 is 1.29 bits per heavy atom. The van der Waals surface area contributed by atoms with Gasteiger partial charge in [-0.05, 0) is 38.9 Å². The first kappa shape index (κ1) is 10.2. The number of thiocarbonyl (C=S) groups is 1. The van der Waals surface area contributed by atoms with E-state index in [1.54, 1.807) is 0 Å². The molecular formula is C10H18N2OS. The van der Waals surface area contributed by atoms with Crippen LogP contribution >= 0.6 is 12.2 Å². The minimum atomic E-state index is 0.290. The Morgan fingerprint density at radius 3 is 2.36 bits per heavy atom. The first-order chi connectivity index (χ1) is 6.65. The molecule has 0 amide bonds. The zero-order valence-corrected chi connectivity index (χ0v) is 9.64. The predicted molar refractivity (Wildman–Crippen MR) is 60.3 cm³/mol. The van der Waals surface area contributed by atoms with Gasteiger partial charge in [-0.15, -0.1) is 0 Å². The highest BCUT2D eigenvalue weighted by molar-refractivity contribution is 7.80. The molecule has 4 heteroatoms. The second kappa shape index (κ2) is 4.03. The van der Waals surface area contributed by atoms with Gasteiger partial charge in [0.1, 0.15) is 0 Å². The van der Waals surface area contributed by atoms with Crippen LogP contribution in [0.5, 0.6) is 0 Å². The summed E-state index contributed by atoms with van der Waals surface area (Å²) in [5, 5.41) is 4.28. The van der Waals surface area contributed by atoms with Gasteiger partial charge in [0.25, 0.3) is 0 Å². The molecule has 1 saturated heterocycles. The highest BCUT2D eigenvalue weighted by atomic mass is 32.1. The van der Waals surface area contributed by atoms with E-state index in [0.29, 0.717) is 6.04 Å². The fourth-order valence-corrected chi connectivity index (χ4v) is 2.15. The molecule has 1 saturated carbocycles. The van der Waals surface area contributed by atoms with E-state index < -0.39 is 0 Å². The summed E-state index contributed by atoms with van der Waals surface area (Å²) in [6, 6.07) is 0.649. The van der Waals surface area contributed by atoms with Gasteiger partial charge in [-0.3, -0.25) is 0 Å². The van der Waals surface area contributed by atoms with Crippen LogP contribution in [0.1, 0.15) is 26.7 Å². The molecule has 2 atom stereocenters. The van der Waals surface area contributed by atoms with Crippen LogP contribution in [0.2, 0.25) is 0 Å². The maximum absolute atomic E-state index is 5.66. The van der Waals surface area contributed by atoms with E-state index in [9.17, 15) is 0 Å². The number of nitrogens with zero attached hydrogens (tertiary/aromatic N) is 1. The Balaban J connectivity index is 1.85. The van der Waals surface area contributed by atoms with Crippen molar-refractivity contribution < 1.29 is 4.74 Å². The topological polar surface area (TPSA) is 24.5 Å². The molecule has 1 heterocycles. The Hall–Kier alpha value is -0.350. The molecule has 80 valence electrons. The van der Waals surface area contributed by atoms with Gasteiger partial charge in [-0.2, -0.15) is 0 Å². The lowest BCUT2D eigenvalue weighted by Gasteiger charge is -2.37. The van der Waals surface area contributed by atoms with Crippen molar-refractivity contribution in [1.29, 1.82) is 0 Å². The average Bonchev–Trinajstić information content (AvgIpc) is 2.86. The minimum Gasteiger partial charge on any atom is -0.372 e. The van der Waals surface area contributed by atoms with Crippen molar-refractivity contribution in [1.82, 2.24) is 10.2 Å². The maximum Gasteiger partial charge on any atom is 0.169 e. The fraction of sp³-hybridized carbons (Fsp3) is 0.900. The zero-order chi connectivity index (χ0) is 10.1. The van der Waals surface area contributed by atoms with Crippen LogP contribution in [-0.4, -0.2) is 41.4 Å². The molecule has 0 unspecified atom stereocenters. The third kappa shape index (κ3) is 2.58. The van der Waals surface area contributed by atoms with E-state index in [1.165, 1.54) is 12.8 Å². The van der Waals surface area contributed by atoms with E-state index in [2.05, 4.69) is 24.1 Å². The van der Waals surface area contributed by atoms with Crippen LogP contribution < -0.4 is 5.32 Å². The van der Waals surface area contributed by atoms with Gasteiger partial charge in [0.05, 0.1) is 12.2 Å². The highest BCUT2D eigenvalue weighted by Crippen LogP contribution is 2.20. The Morgan fingerprint density at radius 2 is 1.86 bits per heavy atom. The Kier molecular flexibility index (Phi) is 2.93. The van der Waals surface area contributed by atoms with Gasteiger partial charge in [0, 0.05) is 19.1 Å². The van der Waals surface area contributed by atoms with Crippen molar-refractivity contribution in [2.45, 2.75) is 44.9 Å². The molecule has 3 nitrogen and oxygen atoms in total. The van der Waals surface area contributed by atoms with Crippen molar-refractivity contribution in [3.63, 3.8) is 0 Å². The summed E-state index contributed by atoms with van der Waals surface area (Å²) in [7, 11) is 0. The van der Waals surface area contributed by atoms with Crippen molar-refractivity contribution >= 4 is 17.3 Å². The normalized spacial score (nSPS) is 32.9. The zero-order valence-electron chi connectivity index (χ0n) is 8.82. The van der Waals surface area contributed by atoms with Crippen molar-refractivity contribution in [2.75, 3.05) is 13.1 Å². The standard InChI is InChI=1S/C10H18N2OS/c1-7-5-12(6-8(2)13-7)10(14)11-9-3-4-9/h7-9H,3-6H2,1-2H3,(H,11,14)/t7-,8-/m0/s1. The Labute approximate surface area is 90.8 Å². The highest BCUT2D eigenvalue weighted by Gasteiger charge is 2.27. The van der Waals surface area contributed by atoms with E-state index in [-0.39, 0.29) is 12.2 Å². The first-order valence-corrected chi connectivity index (χ1v) is 5.77. The molecule has 14 heavy (non-hydrogen) atoms. The van der Waals surface area contributed by atoms with Crippen LogP contribution in [0.3, 0.4) is 0 Å². The second-order valence-corrected chi connectivity index (χ2v) is 4.77. The van der Waals surface area contributed by atoms with E-state index in [1.807, 2.05) is 0 Å². The van der Waals surface area contributed by atoms with Crippen molar-refractivity contribution in [3.8, 4) is 0 Å². The van der Waals surface area contributed by atoms with Crippen LogP contribution in [-0.2, 0) is 4.74 Å². The third-order valence-corrected chi connectivity index (χ3v) is 2.99. The monoisotopic (exact) mass is 214 g/mol. The van der Waals surface area contributed by atoms with E-state index >= 15 is 0 Å². The summed E-state index contributed by atoms with van der Waals surface area (Å²) < 4.78 is 5.66. The summed E-state index contributed by atoms with van der Waals surface area (Å²) in [4.78, 5) is 2.23. The smallest absolute Gasteiger partial charge is 0.169 e. The summed E-state index contributed by atoms with van der Waals surface area (Å²) in [6.45, 7) is 6.04. The molecule has 1 N–H and O–H groups in total. The van der Waals surface area contributed by atoms with E-state index in [0.717, 1.165) is 18.2 Å². The molecule has 2 rings (SSSR count). The summed E-state index contributed by atoms with van der Waals surface area (Å²) in [5.74, 6) is 0. The van der Waals surface area contributed by atoms with Gasteiger partial charge in [0.15, 0.2) is 5.11 Å². The summed E-state index contributed by atoms with van der Waals surface area (Å²) >= 11 is 5.36. The molecule has 0 aromatic heterocycles. The lowest BCUT2D eigenvalue weighted by molar-refractivity contribution is -0.0482. The molecular weight excluding hydrogens is 196 g/mol. The number of rotatable bonds is 1. The third-order valence-electron chi connectivity index (χ3n) is 2.61. The van der Waals surface area contributed by atoms with Gasteiger partial charge < -0.3 is 15.0 Å².